The smallest absolute Gasteiger partial charge is 0.221 e. The number of ether oxygens (including phenoxy) is 2. The lowest BCUT2D eigenvalue weighted by atomic mass is 10.2. The van der Waals surface area contributed by atoms with Crippen LogP contribution in [0.4, 0.5) is 0 Å². The Hall–Kier alpha value is -1.80. The fourth-order valence-electron chi connectivity index (χ4n) is 2.77. The van der Waals surface area contributed by atoms with Crippen molar-refractivity contribution in [2.24, 2.45) is 0 Å². The minimum Gasteiger partial charge on any atom is -0.493 e. The summed E-state index contributed by atoms with van der Waals surface area (Å²) >= 11 is 0. The molecule has 0 saturated carbocycles. The SMILES string of the molecule is COc1ccc(CNC(=O)CCS(=O)(=O)N2CCCCC2)cc1OC. The van der Waals surface area contributed by atoms with E-state index in [2.05, 4.69) is 5.32 Å². The van der Waals surface area contributed by atoms with Crippen LogP contribution < -0.4 is 14.8 Å². The summed E-state index contributed by atoms with van der Waals surface area (Å²) in [6, 6.07) is 5.37. The number of sulfonamides is 1. The largest absolute Gasteiger partial charge is 0.493 e. The first-order valence-electron chi connectivity index (χ1n) is 8.41. The van der Waals surface area contributed by atoms with Gasteiger partial charge in [-0.05, 0) is 30.5 Å². The molecule has 1 aromatic carbocycles. The zero-order valence-electron chi connectivity index (χ0n) is 14.8. The van der Waals surface area contributed by atoms with E-state index in [4.69, 9.17) is 9.47 Å². The second-order valence-electron chi connectivity index (χ2n) is 5.99. The van der Waals surface area contributed by atoms with Crippen LogP contribution >= 0.6 is 0 Å². The number of methoxy groups -OCH3 is 2. The molecule has 1 fully saturated rings. The number of amides is 1. The van der Waals surface area contributed by atoms with Crippen LogP contribution in [-0.4, -0.2) is 51.7 Å². The van der Waals surface area contributed by atoms with Gasteiger partial charge in [0.05, 0.1) is 20.0 Å². The first-order valence-corrected chi connectivity index (χ1v) is 10.0. The second-order valence-corrected chi connectivity index (χ2v) is 8.08. The molecular formula is C17H26N2O5S. The normalized spacial score (nSPS) is 15.6. The third kappa shape index (κ3) is 5.61. The Morgan fingerprint density at radius 3 is 2.44 bits per heavy atom. The zero-order chi connectivity index (χ0) is 18.3. The molecule has 1 heterocycles. The van der Waals surface area contributed by atoms with Gasteiger partial charge in [0.25, 0.3) is 0 Å². The quantitative estimate of drug-likeness (QED) is 0.750. The van der Waals surface area contributed by atoms with Crippen LogP contribution in [0.15, 0.2) is 18.2 Å². The van der Waals surface area contributed by atoms with Crippen molar-refractivity contribution in [3.8, 4) is 11.5 Å². The van der Waals surface area contributed by atoms with Crippen molar-refractivity contribution in [3.05, 3.63) is 23.8 Å². The van der Waals surface area contributed by atoms with Gasteiger partial charge < -0.3 is 14.8 Å². The lowest BCUT2D eigenvalue weighted by Gasteiger charge is -2.25. The molecule has 0 spiro atoms. The zero-order valence-corrected chi connectivity index (χ0v) is 15.6. The number of nitrogens with one attached hydrogen (secondary N) is 1. The Bertz CT molecular complexity index is 684. The van der Waals surface area contributed by atoms with Gasteiger partial charge in [-0.2, -0.15) is 0 Å². The molecule has 0 unspecified atom stereocenters. The number of rotatable bonds is 8. The van der Waals surface area contributed by atoms with E-state index < -0.39 is 10.0 Å². The van der Waals surface area contributed by atoms with Gasteiger partial charge >= 0.3 is 0 Å². The van der Waals surface area contributed by atoms with E-state index in [0.29, 0.717) is 31.1 Å². The Balaban J connectivity index is 1.82. The van der Waals surface area contributed by atoms with Crippen LogP contribution in [0.1, 0.15) is 31.2 Å². The van der Waals surface area contributed by atoms with Gasteiger partial charge in [-0.1, -0.05) is 12.5 Å². The Labute approximate surface area is 149 Å². The number of carbonyl (C=O) groups excluding carboxylic acids is 1. The highest BCUT2D eigenvalue weighted by Gasteiger charge is 2.24. The monoisotopic (exact) mass is 370 g/mol. The number of hydrogen-bond acceptors (Lipinski definition) is 5. The maximum absolute atomic E-state index is 12.2. The van der Waals surface area contributed by atoms with Gasteiger partial charge in [0, 0.05) is 26.1 Å². The molecule has 8 heteroatoms. The minimum atomic E-state index is -3.35. The van der Waals surface area contributed by atoms with Crippen LogP contribution in [0.5, 0.6) is 11.5 Å². The topological polar surface area (TPSA) is 84.9 Å². The van der Waals surface area contributed by atoms with Gasteiger partial charge in [-0.15, -0.1) is 0 Å². The molecule has 0 aliphatic carbocycles. The fourth-order valence-corrected chi connectivity index (χ4v) is 4.29. The number of carbonyl (C=O) groups is 1. The highest BCUT2D eigenvalue weighted by atomic mass is 32.2. The summed E-state index contributed by atoms with van der Waals surface area (Å²) in [6.45, 7) is 1.44. The molecule has 25 heavy (non-hydrogen) atoms. The molecule has 1 amide bonds. The average molecular weight is 370 g/mol. The van der Waals surface area contributed by atoms with Gasteiger partial charge in [-0.3, -0.25) is 4.79 Å². The van der Waals surface area contributed by atoms with Crippen LogP contribution in [-0.2, 0) is 21.4 Å². The lowest BCUT2D eigenvalue weighted by molar-refractivity contribution is -0.120. The van der Waals surface area contributed by atoms with Crippen LogP contribution in [0.2, 0.25) is 0 Å². The molecule has 1 aliphatic heterocycles. The third-order valence-corrected chi connectivity index (χ3v) is 6.11. The van der Waals surface area contributed by atoms with Crippen LogP contribution in [0.25, 0.3) is 0 Å². The summed E-state index contributed by atoms with van der Waals surface area (Å²) in [5.41, 5.74) is 0.852. The molecule has 1 aromatic rings. The van der Waals surface area contributed by atoms with E-state index in [1.165, 1.54) is 4.31 Å². The second kappa shape index (κ2) is 9.05. The van der Waals surface area contributed by atoms with Crippen molar-refractivity contribution < 1.29 is 22.7 Å². The first kappa shape index (κ1) is 19.5. The third-order valence-electron chi connectivity index (χ3n) is 4.23. The van der Waals surface area contributed by atoms with Crippen molar-refractivity contribution in [2.75, 3.05) is 33.1 Å². The predicted molar refractivity (Wildman–Crippen MR) is 95.2 cm³/mol. The van der Waals surface area contributed by atoms with Crippen molar-refractivity contribution in [1.29, 1.82) is 0 Å². The fraction of sp³-hybridized carbons (Fsp3) is 0.588. The molecule has 1 saturated heterocycles. The lowest BCUT2D eigenvalue weighted by Crippen LogP contribution is -2.38. The van der Waals surface area contributed by atoms with Crippen molar-refractivity contribution in [1.82, 2.24) is 9.62 Å². The van der Waals surface area contributed by atoms with E-state index >= 15 is 0 Å². The maximum Gasteiger partial charge on any atom is 0.221 e. The van der Waals surface area contributed by atoms with Gasteiger partial charge in [0.15, 0.2) is 11.5 Å². The standard InChI is InChI=1S/C17H26N2O5S/c1-23-15-7-6-14(12-16(15)24-2)13-18-17(20)8-11-25(21,22)19-9-4-3-5-10-19/h6-7,12H,3-5,8-11,13H2,1-2H3,(H,18,20). The van der Waals surface area contributed by atoms with E-state index in [9.17, 15) is 13.2 Å². The summed E-state index contributed by atoms with van der Waals surface area (Å²) in [5.74, 6) is 0.771. The van der Waals surface area contributed by atoms with E-state index in [0.717, 1.165) is 24.8 Å². The van der Waals surface area contributed by atoms with E-state index in [1.54, 1.807) is 26.4 Å². The summed E-state index contributed by atoms with van der Waals surface area (Å²) in [5, 5.41) is 2.74. The Morgan fingerprint density at radius 1 is 1.12 bits per heavy atom. The summed E-state index contributed by atoms with van der Waals surface area (Å²) in [7, 11) is -0.240. The summed E-state index contributed by atoms with van der Waals surface area (Å²) in [6.07, 6.45) is 2.82. The maximum atomic E-state index is 12.2. The average Bonchev–Trinajstić information content (AvgIpc) is 2.65. The van der Waals surface area contributed by atoms with Gasteiger partial charge in [-0.25, -0.2) is 12.7 Å². The Kier molecular flexibility index (Phi) is 7.07. The first-order chi connectivity index (χ1) is 12.0. The van der Waals surface area contributed by atoms with Crippen molar-refractivity contribution in [3.63, 3.8) is 0 Å². The van der Waals surface area contributed by atoms with Crippen molar-refractivity contribution >= 4 is 15.9 Å². The molecule has 1 aliphatic rings. The number of benzene rings is 1. The minimum absolute atomic E-state index is 0.0356. The molecule has 1 N–H and O–H groups in total. The van der Waals surface area contributed by atoms with Gasteiger partial charge in [0.1, 0.15) is 0 Å². The highest BCUT2D eigenvalue weighted by molar-refractivity contribution is 7.89. The molecular weight excluding hydrogens is 344 g/mol. The molecule has 140 valence electrons. The van der Waals surface area contributed by atoms with E-state index in [1.807, 2.05) is 6.07 Å². The number of piperidine rings is 1. The Morgan fingerprint density at radius 2 is 1.80 bits per heavy atom. The van der Waals surface area contributed by atoms with Crippen LogP contribution in [0.3, 0.4) is 0 Å². The van der Waals surface area contributed by atoms with Crippen molar-refractivity contribution in [2.45, 2.75) is 32.2 Å². The van der Waals surface area contributed by atoms with Gasteiger partial charge in [0.2, 0.25) is 15.9 Å². The van der Waals surface area contributed by atoms with Crippen LogP contribution in [0, 0.1) is 0 Å². The molecule has 7 nitrogen and oxygen atoms in total. The predicted octanol–water partition coefficient (Wildman–Crippen LogP) is 1.53. The molecule has 0 atom stereocenters. The summed E-state index contributed by atoms with van der Waals surface area (Å²) in [4.78, 5) is 12.0. The number of nitrogens with zero attached hydrogens (tertiary/aromatic N) is 1. The number of hydrogen-bond donors (Lipinski definition) is 1. The van der Waals surface area contributed by atoms with E-state index in [-0.39, 0.29) is 18.1 Å². The molecule has 0 aromatic heterocycles. The summed E-state index contributed by atoms with van der Waals surface area (Å²) < 4.78 is 36.4. The highest BCUT2D eigenvalue weighted by Crippen LogP contribution is 2.27. The molecule has 2 rings (SSSR count). The molecule has 0 bridgehead atoms. The molecule has 0 radical (unpaired) electrons.